The van der Waals surface area contributed by atoms with E-state index in [4.69, 9.17) is 0 Å². The zero-order valence-electron chi connectivity index (χ0n) is 31.2. The third-order valence-electron chi connectivity index (χ3n) is 12.2. The highest BCUT2D eigenvalue weighted by Crippen LogP contribution is 2.50. The van der Waals surface area contributed by atoms with Crippen LogP contribution in [-0.2, 0) is 5.41 Å². The maximum absolute atomic E-state index is 2.59. The van der Waals surface area contributed by atoms with E-state index < -0.39 is 0 Å². The second-order valence-corrected chi connectivity index (χ2v) is 15.8. The predicted octanol–water partition coefficient (Wildman–Crippen LogP) is 13.2. The van der Waals surface area contributed by atoms with Gasteiger partial charge in [-0.1, -0.05) is 154 Å². The summed E-state index contributed by atoms with van der Waals surface area (Å²) in [6, 6.07) is 53.7. The Morgan fingerprint density at radius 2 is 1.35 bits per heavy atom. The lowest BCUT2D eigenvalue weighted by Crippen LogP contribution is -2.34. The van der Waals surface area contributed by atoms with Gasteiger partial charge in [0, 0.05) is 39.2 Å². The van der Waals surface area contributed by atoms with Gasteiger partial charge in [-0.25, -0.2) is 0 Å². The van der Waals surface area contributed by atoms with Crippen LogP contribution in [0.5, 0.6) is 0 Å². The second-order valence-electron chi connectivity index (χ2n) is 15.8. The summed E-state index contributed by atoms with van der Waals surface area (Å²) in [7, 11) is 0. The number of allylic oxidation sites excluding steroid dienone is 5. The van der Waals surface area contributed by atoms with E-state index in [1.54, 1.807) is 0 Å². The SMILES string of the molecule is CC1C=C(N(c2ccc3c(c2)C(C)(C)c2ccccc2-3)C2C=CC(c3ccc4c(c3)c3ccccc3n4-c3ccccc3)=CC2)C=CC1c1ccccc1. The first-order valence-corrected chi connectivity index (χ1v) is 19.4. The minimum Gasteiger partial charge on any atom is -0.334 e. The van der Waals surface area contributed by atoms with Crippen LogP contribution in [0.4, 0.5) is 5.69 Å². The average molecular weight is 697 g/mol. The Kier molecular flexibility index (Phi) is 7.70. The highest BCUT2D eigenvalue weighted by atomic mass is 15.2. The maximum atomic E-state index is 2.59. The molecule has 2 heteroatoms. The lowest BCUT2D eigenvalue weighted by atomic mass is 9.81. The maximum Gasteiger partial charge on any atom is 0.0560 e. The molecule has 0 bridgehead atoms. The fraction of sp³-hybridized carbons (Fsp3) is 0.154. The van der Waals surface area contributed by atoms with Crippen molar-refractivity contribution < 1.29 is 0 Å². The van der Waals surface area contributed by atoms with Crippen LogP contribution in [0.15, 0.2) is 188 Å². The molecule has 54 heavy (non-hydrogen) atoms. The minimum atomic E-state index is -0.0617. The summed E-state index contributed by atoms with van der Waals surface area (Å²) >= 11 is 0. The highest BCUT2D eigenvalue weighted by Gasteiger charge is 2.36. The summed E-state index contributed by atoms with van der Waals surface area (Å²) in [4.78, 5) is 2.59. The van der Waals surface area contributed by atoms with Gasteiger partial charge in [-0.15, -0.1) is 0 Å². The Morgan fingerprint density at radius 1 is 0.630 bits per heavy atom. The van der Waals surface area contributed by atoms with Crippen molar-refractivity contribution in [2.75, 3.05) is 4.90 Å². The quantitative estimate of drug-likeness (QED) is 0.168. The van der Waals surface area contributed by atoms with Crippen LogP contribution in [0.25, 0.3) is 44.2 Å². The predicted molar refractivity (Wildman–Crippen MR) is 228 cm³/mol. The van der Waals surface area contributed by atoms with Crippen molar-refractivity contribution in [3.8, 4) is 16.8 Å². The van der Waals surface area contributed by atoms with Gasteiger partial charge in [0.1, 0.15) is 0 Å². The molecule has 3 aliphatic rings. The van der Waals surface area contributed by atoms with E-state index in [1.807, 2.05) is 0 Å². The normalized spacial score (nSPS) is 19.7. The number of fused-ring (bicyclic) bond motifs is 6. The van der Waals surface area contributed by atoms with Crippen molar-refractivity contribution in [1.82, 2.24) is 4.57 Å². The second kappa shape index (κ2) is 12.8. The topological polar surface area (TPSA) is 8.17 Å². The number of para-hydroxylation sites is 2. The van der Waals surface area contributed by atoms with Crippen LogP contribution in [0.2, 0.25) is 0 Å². The third kappa shape index (κ3) is 5.23. The summed E-state index contributed by atoms with van der Waals surface area (Å²) in [5, 5.41) is 2.56. The van der Waals surface area contributed by atoms with Gasteiger partial charge >= 0.3 is 0 Å². The van der Waals surface area contributed by atoms with E-state index in [2.05, 4.69) is 212 Å². The summed E-state index contributed by atoms with van der Waals surface area (Å²) in [6.07, 6.45) is 15.4. The van der Waals surface area contributed by atoms with Gasteiger partial charge in [-0.2, -0.15) is 0 Å². The van der Waals surface area contributed by atoms with E-state index in [1.165, 1.54) is 77.8 Å². The number of anilines is 1. The molecule has 0 saturated carbocycles. The Hall–Kier alpha value is -6.12. The van der Waals surface area contributed by atoms with Crippen LogP contribution >= 0.6 is 0 Å². The molecule has 6 aromatic carbocycles. The van der Waals surface area contributed by atoms with Gasteiger partial charge in [-0.3, -0.25) is 0 Å². The number of benzene rings is 6. The Morgan fingerprint density at radius 3 is 2.15 bits per heavy atom. The molecular formula is C52H44N2. The van der Waals surface area contributed by atoms with E-state index in [-0.39, 0.29) is 11.5 Å². The Labute approximate surface area is 318 Å². The molecule has 1 aromatic heterocycles. The summed E-state index contributed by atoms with van der Waals surface area (Å²) in [5.74, 6) is 0.731. The number of aromatic nitrogens is 1. The molecule has 7 aromatic rings. The molecule has 0 saturated heterocycles. The van der Waals surface area contributed by atoms with E-state index in [9.17, 15) is 0 Å². The monoisotopic (exact) mass is 696 g/mol. The first-order chi connectivity index (χ1) is 26.5. The van der Waals surface area contributed by atoms with Crippen molar-refractivity contribution in [3.05, 3.63) is 210 Å². The number of hydrogen-bond acceptors (Lipinski definition) is 1. The molecule has 3 atom stereocenters. The summed E-state index contributed by atoms with van der Waals surface area (Å²) < 4.78 is 2.39. The van der Waals surface area contributed by atoms with Gasteiger partial charge in [0.15, 0.2) is 0 Å². The standard InChI is InChI=1S/C52H44N2/c1-35-32-41(27-29-43(35)37-14-6-4-7-15-37)53(42-28-30-45-44-18-10-12-20-48(44)52(2,3)49(45)34-42)40-25-22-36(23-26-40)38-24-31-51-47(33-38)46-19-11-13-21-50(46)54(51)39-16-8-5-9-17-39/h4-25,27-35,40,43H,26H2,1-3H3. The number of nitrogens with zero attached hydrogens (tertiary/aromatic N) is 2. The average Bonchev–Trinajstić information content (AvgIpc) is 3.67. The summed E-state index contributed by atoms with van der Waals surface area (Å²) in [6.45, 7) is 7.12. The molecule has 0 N–H and O–H groups in total. The van der Waals surface area contributed by atoms with Crippen molar-refractivity contribution in [2.24, 2.45) is 5.92 Å². The van der Waals surface area contributed by atoms with E-state index >= 15 is 0 Å². The van der Waals surface area contributed by atoms with Crippen LogP contribution in [0.3, 0.4) is 0 Å². The zero-order valence-corrected chi connectivity index (χ0v) is 31.2. The molecule has 0 fully saturated rings. The van der Waals surface area contributed by atoms with Crippen LogP contribution in [0, 0.1) is 5.92 Å². The molecular weight excluding hydrogens is 653 g/mol. The van der Waals surface area contributed by atoms with Crippen molar-refractivity contribution in [1.29, 1.82) is 0 Å². The molecule has 0 aliphatic heterocycles. The van der Waals surface area contributed by atoms with E-state index in [0.717, 1.165) is 6.42 Å². The first kappa shape index (κ1) is 32.5. The highest BCUT2D eigenvalue weighted by molar-refractivity contribution is 6.10. The fourth-order valence-electron chi connectivity index (χ4n) is 9.45. The van der Waals surface area contributed by atoms with Crippen LogP contribution in [-0.4, -0.2) is 10.6 Å². The molecule has 3 aliphatic carbocycles. The third-order valence-corrected chi connectivity index (χ3v) is 12.2. The summed E-state index contributed by atoms with van der Waals surface area (Å²) in [5.41, 5.74) is 15.5. The van der Waals surface area contributed by atoms with Crippen LogP contribution < -0.4 is 4.90 Å². The molecule has 1 heterocycles. The lowest BCUT2D eigenvalue weighted by Gasteiger charge is -2.37. The lowest BCUT2D eigenvalue weighted by molar-refractivity contribution is 0.620. The van der Waals surface area contributed by atoms with Gasteiger partial charge in [0.2, 0.25) is 0 Å². The smallest absolute Gasteiger partial charge is 0.0560 e. The van der Waals surface area contributed by atoms with Gasteiger partial charge < -0.3 is 9.47 Å². The fourth-order valence-corrected chi connectivity index (χ4v) is 9.45. The van der Waals surface area contributed by atoms with Gasteiger partial charge in [0.25, 0.3) is 0 Å². The van der Waals surface area contributed by atoms with Crippen molar-refractivity contribution in [2.45, 2.75) is 44.6 Å². The largest absolute Gasteiger partial charge is 0.334 e. The van der Waals surface area contributed by atoms with Gasteiger partial charge in [0.05, 0.1) is 17.1 Å². The molecule has 262 valence electrons. The molecule has 0 amide bonds. The molecule has 3 unspecified atom stereocenters. The Bertz CT molecular complexity index is 2680. The van der Waals surface area contributed by atoms with Gasteiger partial charge in [-0.05, 0) is 99.8 Å². The minimum absolute atomic E-state index is 0.0617. The Balaban J connectivity index is 1.02. The first-order valence-electron chi connectivity index (χ1n) is 19.4. The van der Waals surface area contributed by atoms with Crippen molar-refractivity contribution >= 4 is 33.1 Å². The van der Waals surface area contributed by atoms with E-state index in [0.29, 0.717) is 11.8 Å². The molecule has 0 radical (unpaired) electrons. The molecule has 2 nitrogen and oxygen atoms in total. The molecule has 0 spiro atoms. The number of rotatable bonds is 6. The number of hydrogen-bond donors (Lipinski definition) is 0. The van der Waals surface area contributed by atoms with Crippen LogP contribution in [0.1, 0.15) is 55.4 Å². The zero-order chi connectivity index (χ0) is 36.4. The van der Waals surface area contributed by atoms with Crippen molar-refractivity contribution in [3.63, 3.8) is 0 Å². The molecule has 10 rings (SSSR count).